The molecule has 2 N–H and O–H groups in total. The molecule has 4 heteroatoms. The standard InChI is InChI=1S/C15H26N4/c1-2-7-18-8-3-4-12(9-16)15(18)14-10-17-11-19(14)13-5-6-13/h10-13,15H,2-9,16H2,1H3. The van der Waals surface area contributed by atoms with Gasteiger partial charge in [-0.3, -0.25) is 4.90 Å². The Morgan fingerprint density at radius 1 is 1.37 bits per heavy atom. The number of nitrogens with zero attached hydrogens (tertiary/aromatic N) is 3. The van der Waals surface area contributed by atoms with Gasteiger partial charge in [0.2, 0.25) is 0 Å². The lowest BCUT2D eigenvalue weighted by Gasteiger charge is -2.41. The number of imidazole rings is 1. The Morgan fingerprint density at radius 3 is 2.89 bits per heavy atom. The minimum absolute atomic E-state index is 0.488. The SMILES string of the molecule is CCCN1CCCC(CN)C1c1cncn1C1CC1. The summed E-state index contributed by atoms with van der Waals surface area (Å²) in [5.74, 6) is 0.592. The number of hydrogen-bond donors (Lipinski definition) is 1. The van der Waals surface area contributed by atoms with Crippen molar-refractivity contribution in [2.75, 3.05) is 19.6 Å². The van der Waals surface area contributed by atoms with Gasteiger partial charge in [-0.2, -0.15) is 0 Å². The fraction of sp³-hybridized carbons (Fsp3) is 0.800. The van der Waals surface area contributed by atoms with E-state index in [2.05, 4.69) is 27.6 Å². The van der Waals surface area contributed by atoms with Crippen molar-refractivity contribution in [2.45, 2.75) is 51.1 Å². The zero-order chi connectivity index (χ0) is 13.2. The van der Waals surface area contributed by atoms with E-state index >= 15 is 0 Å². The first kappa shape index (κ1) is 13.1. The fourth-order valence-corrected chi connectivity index (χ4v) is 3.57. The summed E-state index contributed by atoms with van der Waals surface area (Å²) in [4.78, 5) is 7.05. The number of aromatic nitrogens is 2. The molecule has 0 spiro atoms. The van der Waals surface area contributed by atoms with Crippen LogP contribution in [-0.4, -0.2) is 34.1 Å². The van der Waals surface area contributed by atoms with Crippen LogP contribution in [0.25, 0.3) is 0 Å². The highest BCUT2D eigenvalue weighted by Crippen LogP contribution is 2.41. The van der Waals surface area contributed by atoms with Crippen molar-refractivity contribution in [1.29, 1.82) is 0 Å². The quantitative estimate of drug-likeness (QED) is 0.886. The molecule has 1 saturated carbocycles. The lowest BCUT2D eigenvalue weighted by atomic mass is 9.87. The van der Waals surface area contributed by atoms with E-state index in [1.807, 2.05) is 6.33 Å². The van der Waals surface area contributed by atoms with Crippen molar-refractivity contribution < 1.29 is 0 Å². The van der Waals surface area contributed by atoms with Gasteiger partial charge in [0.25, 0.3) is 0 Å². The first-order chi connectivity index (χ1) is 9.35. The zero-order valence-electron chi connectivity index (χ0n) is 12.0. The Morgan fingerprint density at radius 2 is 2.21 bits per heavy atom. The van der Waals surface area contributed by atoms with Crippen molar-refractivity contribution in [2.24, 2.45) is 11.7 Å². The third-order valence-corrected chi connectivity index (χ3v) is 4.61. The number of likely N-dealkylation sites (tertiary alicyclic amines) is 1. The second-order valence-electron chi connectivity index (χ2n) is 6.08. The van der Waals surface area contributed by atoms with Crippen molar-refractivity contribution >= 4 is 0 Å². The molecule has 106 valence electrons. The largest absolute Gasteiger partial charge is 0.330 e. The molecule has 1 saturated heterocycles. The highest BCUT2D eigenvalue weighted by atomic mass is 15.2. The topological polar surface area (TPSA) is 47.1 Å². The van der Waals surface area contributed by atoms with Gasteiger partial charge in [-0.25, -0.2) is 4.98 Å². The normalized spacial score (nSPS) is 28.7. The Bertz CT molecular complexity index is 408. The van der Waals surface area contributed by atoms with Gasteiger partial charge in [-0.1, -0.05) is 6.92 Å². The number of hydrogen-bond acceptors (Lipinski definition) is 3. The van der Waals surface area contributed by atoms with Crippen molar-refractivity contribution in [3.8, 4) is 0 Å². The van der Waals surface area contributed by atoms with E-state index in [1.54, 1.807) is 0 Å². The van der Waals surface area contributed by atoms with Crippen LogP contribution in [0.15, 0.2) is 12.5 Å². The molecule has 1 aromatic heterocycles. The summed E-state index contributed by atoms with van der Waals surface area (Å²) in [5, 5.41) is 0. The predicted molar refractivity (Wildman–Crippen MR) is 76.9 cm³/mol. The van der Waals surface area contributed by atoms with E-state index in [0.29, 0.717) is 18.0 Å². The third-order valence-electron chi connectivity index (χ3n) is 4.61. The van der Waals surface area contributed by atoms with Crippen LogP contribution in [0.1, 0.15) is 56.8 Å². The monoisotopic (exact) mass is 262 g/mol. The van der Waals surface area contributed by atoms with E-state index in [0.717, 1.165) is 6.54 Å². The van der Waals surface area contributed by atoms with Gasteiger partial charge in [0, 0.05) is 12.2 Å². The molecule has 0 aromatic carbocycles. The summed E-state index contributed by atoms with van der Waals surface area (Å²) in [6, 6.07) is 1.20. The van der Waals surface area contributed by atoms with E-state index in [4.69, 9.17) is 5.73 Å². The second kappa shape index (κ2) is 5.63. The zero-order valence-corrected chi connectivity index (χ0v) is 12.0. The molecule has 0 bridgehead atoms. The molecule has 2 aliphatic rings. The molecule has 3 rings (SSSR count). The van der Waals surface area contributed by atoms with E-state index in [9.17, 15) is 0 Å². The van der Waals surface area contributed by atoms with Crippen molar-refractivity contribution in [3.63, 3.8) is 0 Å². The Kier molecular flexibility index (Phi) is 3.89. The first-order valence-electron chi connectivity index (χ1n) is 7.81. The second-order valence-corrected chi connectivity index (χ2v) is 6.08. The Balaban J connectivity index is 1.89. The summed E-state index contributed by atoms with van der Waals surface area (Å²) >= 11 is 0. The smallest absolute Gasteiger partial charge is 0.0951 e. The average molecular weight is 262 g/mol. The molecule has 2 fully saturated rings. The van der Waals surface area contributed by atoms with Gasteiger partial charge >= 0.3 is 0 Å². The Labute approximate surface area is 116 Å². The minimum Gasteiger partial charge on any atom is -0.330 e. The highest BCUT2D eigenvalue weighted by molar-refractivity contribution is 5.12. The molecule has 0 radical (unpaired) electrons. The Hall–Kier alpha value is -0.870. The van der Waals surface area contributed by atoms with E-state index < -0.39 is 0 Å². The summed E-state index contributed by atoms with van der Waals surface area (Å²) in [6.45, 7) is 5.45. The van der Waals surface area contributed by atoms with Crippen molar-refractivity contribution in [1.82, 2.24) is 14.5 Å². The van der Waals surface area contributed by atoms with E-state index in [1.165, 1.54) is 50.9 Å². The van der Waals surface area contributed by atoms with Crippen LogP contribution in [0.4, 0.5) is 0 Å². The van der Waals surface area contributed by atoms with Crippen LogP contribution in [-0.2, 0) is 0 Å². The molecule has 19 heavy (non-hydrogen) atoms. The van der Waals surface area contributed by atoms with Crippen LogP contribution in [0.2, 0.25) is 0 Å². The average Bonchev–Trinajstić information content (AvgIpc) is 3.17. The van der Waals surface area contributed by atoms with Gasteiger partial charge in [0.05, 0.1) is 18.1 Å². The maximum atomic E-state index is 6.04. The number of rotatable bonds is 5. The number of piperidine rings is 1. The predicted octanol–water partition coefficient (Wildman–Crippen LogP) is 2.34. The first-order valence-corrected chi connectivity index (χ1v) is 7.81. The summed E-state index contributed by atoms with van der Waals surface area (Å²) in [7, 11) is 0. The highest BCUT2D eigenvalue weighted by Gasteiger charge is 2.36. The molecule has 1 aromatic rings. The third kappa shape index (κ3) is 2.56. The van der Waals surface area contributed by atoms with E-state index in [-0.39, 0.29) is 0 Å². The molecule has 4 nitrogen and oxygen atoms in total. The molecular weight excluding hydrogens is 236 g/mol. The van der Waals surface area contributed by atoms with Crippen LogP contribution in [0, 0.1) is 5.92 Å². The number of nitrogens with two attached hydrogens (primary N) is 1. The van der Waals surface area contributed by atoms with Crippen LogP contribution in [0.3, 0.4) is 0 Å². The van der Waals surface area contributed by atoms with Crippen molar-refractivity contribution in [3.05, 3.63) is 18.2 Å². The van der Waals surface area contributed by atoms with Crippen LogP contribution in [0.5, 0.6) is 0 Å². The van der Waals surface area contributed by atoms with Gasteiger partial charge in [0.1, 0.15) is 0 Å². The van der Waals surface area contributed by atoms with Gasteiger partial charge in [-0.15, -0.1) is 0 Å². The summed E-state index contributed by atoms with van der Waals surface area (Å²) in [5.41, 5.74) is 7.45. The molecule has 1 aliphatic carbocycles. The maximum Gasteiger partial charge on any atom is 0.0951 e. The lowest BCUT2D eigenvalue weighted by Crippen LogP contribution is -2.42. The summed E-state index contributed by atoms with van der Waals surface area (Å²) in [6.07, 6.45) is 10.5. The molecule has 1 aliphatic heterocycles. The van der Waals surface area contributed by atoms with Gasteiger partial charge in [-0.05, 0) is 57.7 Å². The minimum atomic E-state index is 0.488. The van der Waals surface area contributed by atoms with Gasteiger partial charge < -0.3 is 10.3 Å². The molecule has 2 heterocycles. The molecule has 2 atom stereocenters. The fourth-order valence-electron chi connectivity index (χ4n) is 3.57. The molecular formula is C15H26N4. The van der Waals surface area contributed by atoms with Crippen LogP contribution >= 0.6 is 0 Å². The lowest BCUT2D eigenvalue weighted by molar-refractivity contribution is 0.0902. The molecule has 0 amide bonds. The molecule has 2 unspecified atom stereocenters. The summed E-state index contributed by atoms with van der Waals surface area (Å²) < 4.78 is 2.42. The maximum absolute atomic E-state index is 6.04. The van der Waals surface area contributed by atoms with Gasteiger partial charge in [0.15, 0.2) is 0 Å². The van der Waals surface area contributed by atoms with Crippen LogP contribution < -0.4 is 5.73 Å².